The number of carbonyl (C=O) groups is 6. The lowest BCUT2D eigenvalue weighted by atomic mass is 9.70. The number of phenolic OH excluding ortho intramolecular Hbond substituents is 4. The van der Waals surface area contributed by atoms with E-state index < -0.39 is 148 Å². The number of hydrogen-bond acceptors (Lipinski definition) is 27. The van der Waals surface area contributed by atoms with E-state index in [9.17, 15) is 64.5 Å². The number of methoxy groups -OCH3 is 4. The van der Waals surface area contributed by atoms with Crippen molar-refractivity contribution in [3.8, 4) is 34.5 Å². The first-order chi connectivity index (χ1) is 47.2. The fourth-order valence-electron chi connectivity index (χ4n) is 16.5. The molecule has 0 radical (unpaired) electrons. The van der Waals surface area contributed by atoms with Gasteiger partial charge in [0, 0.05) is 123 Å². The Kier molecular flexibility index (Phi) is 19.0. The van der Waals surface area contributed by atoms with Gasteiger partial charge in [-0.25, -0.2) is 5.43 Å². The van der Waals surface area contributed by atoms with Crippen molar-refractivity contribution < 1.29 is 117 Å². The van der Waals surface area contributed by atoms with Crippen molar-refractivity contribution in [2.45, 2.75) is 190 Å². The van der Waals surface area contributed by atoms with Gasteiger partial charge in [-0.2, -0.15) is 5.10 Å². The van der Waals surface area contributed by atoms with Crippen LogP contribution in [0, 0.1) is 11.8 Å². The third kappa shape index (κ3) is 11.6. The van der Waals surface area contributed by atoms with E-state index in [2.05, 4.69) is 20.3 Å². The van der Waals surface area contributed by atoms with E-state index in [0.29, 0.717) is 19.6 Å². The summed E-state index contributed by atoms with van der Waals surface area (Å²) in [6.07, 6.45) is -6.00. The normalized spacial score (nSPS) is 32.2. The molecule has 6 aliphatic heterocycles. The number of aliphatic hydroxyl groups is 3. The Hall–Kier alpha value is -7.39. The van der Waals surface area contributed by atoms with Crippen LogP contribution in [0.2, 0.25) is 0 Å². The van der Waals surface area contributed by atoms with Gasteiger partial charge in [0.1, 0.15) is 64.1 Å². The number of morpholine rings is 1. The van der Waals surface area contributed by atoms with Crippen LogP contribution in [0.25, 0.3) is 0 Å². The highest BCUT2D eigenvalue weighted by molar-refractivity contribution is 6.32. The number of piperidine rings is 1. The second kappa shape index (κ2) is 26.9. The van der Waals surface area contributed by atoms with Crippen LogP contribution in [0.5, 0.6) is 34.5 Å². The molecular weight excluding hydrogens is 1290 g/mol. The van der Waals surface area contributed by atoms with Gasteiger partial charge in [-0.15, -0.1) is 0 Å². The van der Waals surface area contributed by atoms with Crippen molar-refractivity contribution in [3.63, 3.8) is 0 Å². The Morgan fingerprint density at radius 3 is 1.59 bits per heavy atom. The molecule has 4 aromatic rings. The first-order valence-electron chi connectivity index (χ1n) is 33.5. The maximum Gasteiger partial charge on any atom is 0.242 e. The Morgan fingerprint density at radius 1 is 0.626 bits per heavy atom. The van der Waals surface area contributed by atoms with E-state index in [1.165, 1.54) is 44.6 Å². The molecule has 8 N–H and O–H groups in total. The molecule has 1 amide bonds. The number of aromatic hydroxyl groups is 4. The van der Waals surface area contributed by atoms with E-state index in [-0.39, 0.29) is 141 Å². The summed E-state index contributed by atoms with van der Waals surface area (Å²) < 4.78 is 66.2. The van der Waals surface area contributed by atoms with E-state index in [0.717, 1.165) is 19.4 Å². The highest BCUT2D eigenvalue weighted by Crippen LogP contribution is 2.56. The maximum absolute atomic E-state index is 14.1. The summed E-state index contributed by atoms with van der Waals surface area (Å²) in [6, 6.07) is 8.77. The topological polar surface area (TPSA) is 376 Å². The summed E-state index contributed by atoms with van der Waals surface area (Å²) in [5, 5.41) is 86.0. The molecule has 4 aromatic carbocycles. The van der Waals surface area contributed by atoms with Gasteiger partial charge in [0.25, 0.3) is 0 Å². The summed E-state index contributed by atoms with van der Waals surface area (Å²) in [4.78, 5) is 86.1. The minimum absolute atomic E-state index is 0.0123. The quantitative estimate of drug-likeness (QED) is 0.0424. The molecule has 6 fully saturated rings. The molecule has 99 heavy (non-hydrogen) atoms. The van der Waals surface area contributed by atoms with Gasteiger partial charge in [-0.3, -0.25) is 38.6 Å². The summed E-state index contributed by atoms with van der Waals surface area (Å²) in [7, 11) is 5.94. The SMILES string of the molecule is COc1cccc2c1C(=O)c1c(O)c3c(c(O)c1C2=O)C[C@@](O)(/C(CO)=N/NC(=O)C(C)C)C[C@@H]3O[C@H]1C[C@H]2[C@H](O[C@@H]3[C@@H](OC)OCCN32)[C@H](C)O1.COc1cccc2c1C(=O)c1c(O)c3c(c(O)c1C2=O)C[C@@](O)(C(=O)C(C)C)C[C@@H]3O[C@H]1C[C@H]2[C@H](O[C@@H]3[C@@H](OC)CCCN32)[C@H](C)O1. The van der Waals surface area contributed by atoms with Crippen LogP contribution in [0.15, 0.2) is 41.5 Å². The van der Waals surface area contributed by atoms with Gasteiger partial charge in [-0.05, 0) is 38.8 Å². The fourth-order valence-corrected chi connectivity index (χ4v) is 16.5. The zero-order chi connectivity index (χ0) is 70.7. The predicted octanol–water partition coefficient (Wildman–Crippen LogP) is 4.45. The first kappa shape index (κ1) is 70.1. The van der Waals surface area contributed by atoms with Crippen LogP contribution >= 0.6 is 0 Å². The summed E-state index contributed by atoms with van der Waals surface area (Å²) in [6.45, 7) is 11.4. The van der Waals surface area contributed by atoms with Gasteiger partial charge >= 0.3 is 0 Å². The molecule has 4 aliphatic carbocycles. The van der Waals surface area contributed by atoms with E-state index in [4.69, 9.17) is 52.1 Å². The van der Waals surface area contributed by atoms with Crippen molar-refractivity contribution in [1.29, 1.82) is 0 Å². The van der Waals surface area contributed by atoms with Gasteiger partial charge in [-0.1, -0.05) is 52.0 Å². The molecule has 532 valence electrons. The number of rotatable bonds is 14. The number of nitrogens with one attached hydrogen (secondary N) is 1. The molecule has 0 spiro atoms. The number of carbonyl (C=O) groups excluding carboxylic acids is 6. The summed E-state index contributed by atoms with van der Waals surface area (Å²) in [5.41, 5.74) is -3.81. The second-order valence-corrected chi connectivity index (χ2v) is 27.7. The Morgan fingerprint density at radius 2 is 1.11 bits per heavy atom. The number of benzene rings is 4. The molecule has 28 nitrogen and oxygen atoms in total. The van der Waals surface area contributed by atoms with Crippen molar-refractivity contribution in [2.75, 3.05) is 54.7 Å². The van der Waals surface area contributed by atoms with Crippen molar-refractivity contribution in [3.05, 3.63) is 103 Å². The molecular formula is C71H84N4O24. The van der Waals surface area contributed by atoms with Gasteiger partial charge in [0.15, 0.2) is 42.4 Å². The predicted molar refractivity (Wildman–Crippen MR) is 344 cm³/mol. The highest BCUT2D eigenvalue weighted by Gasteiger charge is 2.58. The lowest BCUT2D eigenvalue weighted by molar-refractivity contribution is -0.255. The zero-order valence-electron chi connectivity index (χ0n) is 56.6. The van der Waals surface area contributed by atoms with Gasteiger partial charge in [0.2, 0.25) is 17.5 Å². The Labute approximate surface area is 569 Å². The molecule has 0 saturated carbocycles. The molecule has 6 saturated heterocycles. The number of nitrogens with zero attached hydrogens (tertiary/aromatic N) is 3. The van der Waals surface area contributed by atoms with Crippen LogP contribution in [-0.4, -0.2) is 226 Å². The minimum Gasteiger partial charge on any atom is -0.507 e. The number of amides is 1. The fraction of sp³-hybridized carbons (Fsp3) is 0.563. The van der Waals surface area contributed by atoms with Crippen molar-refractivity contribution >= 4 is 40.5 Å². The monoisotopic (exact) mass is 1380 g/mol. The molecule has 0 unspecified atom stereocenters. The van der Waals surface area contributed by atoms with Crippen LogP contribution in [0.3, 0.4) is 0 Å². The molecule has 10 aliphatic rings. The average Bonchev–Trinajstić information content (AvgIpc) is 1.61. The number of Topliss-reactive ketones (excluding diaryl/α,β-unsaturated/α-hetero) is 1. The van der Waals surface area contributed by atoms with Crippen molar-refractivity contribution in [2.24, 2.45) is 16.9 Å². The average molecular weight is 1380 g/mol. The molecule has 0 aromatic heterocycles. The minimum atomic E-state index is -2.07. The smallest absolute Gasteiger partial charge is 0.242 e. The molecule has 28 heteroatoms. The number of hydrogen-bond donors (Lipinski definition) is 8. The molecule has 16 atom stereocenters. The number of aliphatic hydroxyl groups excluding tert-OH is 1. The number of phenols is 4. The summed E-state index contributed by atoms with van der Waals surface area (Å²) in [5.74, 6) is -6.95. The van der Waals surface area contributed by atoms with E-state index in [1.54, 1.807) is 48.0 Å². The second-order valence-electron chi connectivity index (χ2n) is 27.7. The molecule has 14 rings (SSSR count). The lowest BCUT2D eigenvalue weighted by Gasteiger charge is -2.44. The van der Waals surface area contributed by atoms with Crippen LogP contribution < -0.4 is 14.9 Å². The molecule has 6 heterocycles. The van der Waals surface area contributed by atoms with Gasteiger partial charge < -0.3 is 87.9 Å². The third-order valence-electron chi connectivity index (χ3n) is 21.3. The van der Waals surface area contributed by atoms with E-state index in [1.807, 2.05) is 13.8 Å². The van der Waals surface area contributed by atoms with Gasteiger partial charge in [0.05, 0.1) is 97.0 Å². The largest absolute Gasteiger partial charge is 0.507 e. The highest BCUT2D eigenvalue weighted by atomic mass is 16.7. The Balaban J connectivity index is 0.000000179. The van der Waals surface area contributed by atoms with Crippen LogP contribution in [0.1, 0.15) is 178 Å². The zero-order valence-corrected chi connectivity index (χ0v) is 56.6. The standard InChI is InChI=1S/C36H43N3O13.C35H41NO11/c1-15(2)33(45)38-37-22(14-40)36(46)12-18-25(31(44)27-26(29(18)42)28(41)17-7-6-8-20(47-4)24(17)30(27)43)21(13-36)51-23-11-19-32(16(3)50-23)52-34-35(48-5)49-10-9-39(19)34;1-15(2)33(41)35(42)13-18-25(31(40)27-26(29(18)38)28(37)17-8-6-9-20(43-4)24(17)30(27)39)22(14-35)46-23-12-19-32(16(3)45-23)47-34-21(44-5)10-7-11-36(19)34/h6-8,15-16,19,21,23,32,34-35,40,42,44,46H,9-14H2,1-5H3,(H,38,45);6,8-9,15-16,19,21-23,32,34,38,40,42H,7,10-14H2,1-5H3/b37-22+;/t16-,19-,21-,23-,32+,34+,35-,36-;16-,19-,21-,22-,23-,32+,34+,35-/m00/s1. The maximum atomic E-state index is 14.1. The van der Waals surface area contributed by atoms with Crippen LogP contribution in [-0.2, 0) is 65.1 Å². The molecule has 0 bridgehead atoms. The number of fused-ring (bicyclic) bond motifs is 12. The third-order valence-corrected chi connectivity index (χ3v) is 21.3. The summed E-state index contributed by atoms with van der Waals surface area (Å²) >= 11 is 0. The van der Waals surface area contributed by atoms with Crippen molar-refractivity contribution in [1.82, 2.24) is 15.2 Å². The van der Waals surface area contributed by atoms with Crippen LogP contribution in [0.4, 0.5) is 0 Å². The first-order valence-corrected chi connectivity index (χ1v) is 33.5. The number of ether oxygens (including phenoxy) is 11. The van der Waals surface area contributed by atoms with E-state index >= 15 is 0 Å². The number of ketones is 5. The lowest BCUT2D eigenvalue weighted by Crippen LogP contribution is -2.55. The Bertz CT molecular complexity index is 3990. The number of hydrazone groups is 1.